The molecule has 0 spiro atoms. The summed E-state index contributed by atoms with van der Waals surface area (Å²) in [5, 5.41) is 0. The van der Waals surface area contributed by atoms with Crippen LogP contribution in [0.4, 0.5) is 5.69 Å². The molecule has 0 aliphatic heterocycles. The van der Waals surface area contributed by atoms with Crippen LogP contribution in [-0.4, -0.2) is 16.7 Å². The Bertz CT molecular complexity index is 667. The molecule has 0 atom stereocenters. The Morgan fingerprint density at radius 3 is 2.89 bits per heavy atom. The Morgan fingerprint density at radius 1 is 1.47 bits per heavy atom. The topological polar surface area (TPSA) is 70.1 Å². The fraction of sp³-hybridized carbons (Fsp3) is 0.231. The summed E-state index contributed by atoms with van der Waals surface area (Å²) < 4.78 is 7.40. The second-order valence-electron chi connectivity index (χ2n) is 4.13. The van der Waals surface area contributed by atoms with Gasteiger partial charge in [-0.2, -0.15) is 0 Å². The zero-order valence-corrected chi connectivity index (χ0v) is 12.3. The number of rotatable bonds is 3. The molecule has 1 heterocycles. The smallest absolute Gasteiger partial charge is 0.299 e. The van der Waals surface area contributed by atoms with Gasteiger partial charge in [0.25, 0.3) is 11.6 Å². The highest BCUT2D eigenvalue weighted by Crippen LogP contribution is 2.24. The molecule has 0 unspecified atom stereocenters. The number of aromatic nitrogens is 2. The number of nitrogens with zero attached hydrogens (tertiary/aromatic N) is 2. The maximum Gasteiger partial charge on any atom is 0.299 e. The molecule has 0 bridgehead atoms. The van der Waals surface area contributed by atoms with Crippen molar-refractivity contribution >= 4 is 21.6 Å². The highest BCUT2D eigenvalue weighted by molar-refractivity contribution is 9.10. The van der Waals surface area contributed by atoms with Gasteiger partial charge in [0.1, 0.15) is 0 Å². The van der Waals surface area contributed by atoms with E-state index in [1.165, 1.54) is 17.7 Å². The summed E-state index contributed by atoms with van der Waals surface area (Å²) in [5.41, 5.74) is 7.83. The van der Waals surface area contributed by atoms with E-state index in [9.17, 15) is 4.79 Å². The van der Waals surface area contributed by atoms with Crippen molar-refractivity contribution in [2.45, 2.75) is 13.5 Å². The molecule has 19 heavy (non-hydrogen) atoms. The van der Waals surface area contributed by atoms with E-state index in [0.29, 0.717) is 23.9 Å². The molecule has 2 rings (SSSR count). The molecule has 0 aliphatic carbocycles. The third-order valence-corrected chi connectivity index (χ3v) is 3.69. The quantitative estimate of drug-likeness (QED) is 0.876. The lowest BCUT2D eigenvalue weighted by Crippen LogP contribution is -2.23. The van der Waals surface area contributed by atoms with Gasteiger partial charge in [0, 0.05) is 21.9 Å². The highest BCUT2D eigenvalue weighted by Gasteiger charge is 2.10. The van der Waals surface area contributed by atoms with Crippen LogP contribution in [0, 0.1) is 6.92 Å². The highest BCUT2D eigenvalue weighted by atomic mass is 79.9. The molecule has 6 heteroatoms. The van der Waals surface area contributed by atoms with Crippen molar-refractivity contribution in [3.63, 3.8) is 0 Å². The molecule has 0 aliphatic rings. The number of nitrogen functional groups attached to an aromatic ring is 1. The van der Waals surface area contributed by atoms with Gasteiger partial charge in [-0.05, 0) is 34.5 Å². The number of anilines is 1. The van der Waals surface area contributed by atoms with E-state index in [4.69, 9.17) is 10.5 Å². The minimum Gasteiger partial charge on any atom is -0.468 e. The van der Waals surface area contributed by atoms with Crippen molar-refractivity contribution in [3.8, 4) is 6.01 Å². The summed E-state index contributed by atoms with van der Waals surface area (Å²) in [7, 11) is 1.49. The van der Waals surface area contributed by atoms with Gasteiger partial charge in [0.15, 0.2) is 0 Å². The average molecular weight is 324 g/mol. The molecule has 1 aromatic carbocycles. The van der Waals surface area contributed by atoms with E-state index in [2.05, 4.69) is 20.9 Å². The minimum atomic E-state index is -0.154. The zero-order chi connectivity index (χ0) is 14.0. The molecule has 0 saturated heterocycles. The number of aryl methyl sites for hydroxylation is 1. The van der Waals surface area contributed by atoms with Gasteiger partial charge < -0.3 is 10.5 Å². The van der Waals surface area contributed by atoms with Crippen LogP contribution in [0.1, 0.15) is 11.3 Å². The Labute approximate surface area is 119 Å². The normalized spacial score (nSPS) is 10.5. The van der Waals surface area contributed by atoms with Crippen molar-refractivity contribution in [1.82, 2.24) is 9.55 Å². The van der Waals surface area contributed by atoms with Crippen LogP contribution in [0.3, 0.4) is 0 Å². The van der Waals surface area contributed by atoms with Crippen LogP contribution >= 0.6 is 15.9 Å². The SMILES string of the molecule is COc1nc(C)cc(=O)n1Cc1cccc(N)c1Br. The van der Waals surface area contributed by atoms with Crippen LogP contribution in [0.5, 0.6) is 6.01 Å². The van der Waals surface area contributed by atoms with Gasteiger partial charge >= 0.3 is 0 Å². The van der Waals surface area contributed by atoms with E-state index >= 15 is 0 Å². The van der Waals surface area contributed by atoms with Gasteiger partial charge in [-0.3, -0.25) is 9.36 Å². The first kappa shape index (κ1) is 13.6. The second-order valence-corrected chi connectivity index (χ2v) is 4.92. The van der Waals surface area contributed by atoms with Gasteiger partial charge in [-0.15, -0.1) is 0 Å². The predicted molar refractivity (Wildman–Crippen MR) is 77.4 cm³/mol. The summed E-state index contributed by atoms with van der Waals surface area (Å²) >= 11 is 3.42. The summed E-state index contributed by atoms with van der Waals surface area (Å²) in [6, 6.07) is 7.30. The summed E-state index contributed by atoms with van der Waals surface area (Å²) in [6.07, 6.45) is 0. The maximum atomic E-state index is 12.0. The fourth-order valence-corrected chi connectivity index (χ4v) is 2.18. The predicted octanol–water partition coefficient (Wildman–Crippen LogP) is 1.95. The number of methoxy groups -OCH3 is 1. The number of benzene rings is 1. The van der Waals surface area contributed by atoms with Gasteiger partial charge in [0.05, 0.1) is 13.7 Å². The van der Waals surface area contributed by atoms with E-state index in [0.717, 1.165) is 10.0 Å². The number of hydrogen-bond donors (Lipinski definition) is 1. The van der Waals surface area contributed by atoms with E-state index < -0.39 is 0 Å². The molecule has 0 fully saturated rings. The lowest BCUT2D eigenvalue weighted by atomic mass is 10.2. The first-order valence-corrected chi connectivity index (χ1v) is 6.47. The van der Waals surface area contributed by atoms with E-state index in [1.54, 1.807) is 13.0 Å². The van der Waals surface area contributed by atoms with Gasteiger partial charge in [-0.25, -0.2) is 4.98 Å². The Morgan fingerprint density at radius 2 is 2.21 bits per heavy atom. The summed E-state index contributed by atoms with van der Waals surface area (Å²) in [4.78, 5) is 16.2. The molecular formula is C13H14BrN3O2. The second kappa shape index (κ2) is 5.44. The van der Waals surface area contributed by atoms with Crippen LogP contribution in [0.2, 0.25) is 0 Å². The molecule has 2 aromatic rings. The lowest BCUT2D eigenvalue weighted by Gasteiger charge is -2.12. The Hall–Kier alpha value is -1.82. The fourth-order valence-electron chi connectivity index (χ4n) is 1.79. The summed E-state index contributed by atoms with van der Waals surface area (Å²) in [6.45, 7) is 2.10. The number of halogens is 1. The Kier molecular flexibility index (Phi) is 3.90. The van der Waals surface area contributed by atoms with Crippen molar-refractivity contribution in [2.24, 2.45) is 0 Å². The standard InChI is InChI=1S/C13H14BrN3O2/c1-8-6-11(18)17(13(16-8)19-2)7-9-4-3-5-10(15)12(9)14/h3-6H,7,15H2,1-2H3. The minimum absolute atomic E-state index is 0.154. The average Bonchev–Trinajstić information content (AvgIpc) is 2.37. The maximum absolute atomic E-state index is 12.0. The molecule has 5 nitrogen and oxygen atoms in total. The van der Waals surface area contributed by atoms with E-state index in [-0.39, 0.29) is 5.56 Å². The Balaban J connectivity index is 2.49. The number of nitrogens with two attached hydrogens (primary N) is 1. The molecule has 0 saturated carbocycles. The third kappa shape index (κ3) is 2.78. The van der Waals surface area contributed by atoms with Crippen LogP contribution in [0.15, 0.2) is 33.5 Å². The first-order valence-electron chi connectivity index (χ1n) is 5.68. The molecule has 0 amide bonds. The molecule has 2 N–H and O–H groups in total. The van der Waals surface area contributed by atoms with Crippen LogP contribution in [-0.2, 0) is 6.54 Å². The van der Waals surface area contributed by atoms with Gasteiger partial charge in [0.2, 0.25) is 0 Å². The van der Waals surface area contributed by atoms with Crippen molar-refractivity contribution < 1.29 is 4.74 Å². The zero-order valence-electron chi connectivity index (χ0n) is 10.7. The lowest BCUT2D eigenvalue weighted by molar-refractivity contribution is 0.349. The number of hydrogen-bond acceptors (Lipinski definition) is 4. The van der Waals surface area contributed by atoms with E-state index in [1.807, 2.05) is 12.1 Å². The third-order valence-electron chi connectivity index (χ3n) is 2.72. The molecule has 0 radical (unpaired) electrons. The monoisotopic (exact) mass is 323 g/mol. The molecular weight excluding hydrogens is 310 g/mol. The summed E-state index contributed by atoms with van der Waals surface area (Å²) in [5.74, 6) is 0. The van der Waals surface area contributed by atoms with Crippen molar-refractivity contribution in [1.29, 1.82) is 0 Å². The first-order chi connectivity index (χ1) is 9.02. The van der Waals surface area contributed by atoms with Crippen molar-refractivity contribution in [3.05, 3.63) is 50.3 Å². The largest absolute Gasteiger partial charge is 0.468 e. The molecule has 100 valence electrons. The van der Waals surface area contributed by atoms with Crippen LogP contribution in [0.25, 0.3) is 0 Å². The van der Waals surface area contributed by atoms with Gasteiger partial charge in [-0.1, -0.05) is 12.1 Å². The molecule has 1 aromatic heterocycles. The number of ether oxygens (including phenoxy) is 1. The van der Waals surface area contributed by atoms with Crippen LogP contribution < -0.4 is 16.0 Å². The van der Waals surface area contributed by atoms with Crippen molar-refractivity contribution in [2.75, 3.05) is 12.8 Å².